The maximum absolute atomic E-state index is 12.9. The molecule has 0 spiro atoms. The largest absolute Gasteiger partial charge is 0.463 e. The Kier molecular flexibility index (Phi) is 4.15. The molecule has 0 aliphatic rings. The van der Waals surface area contributed by atoms with Crippen molar-refractivity contribution in [1.82, 2.24) is 15.5 Å². The highest BCUT2D eigenvalue weighted by molar-refractivity contribution is 6.06. The summed E-state index contributed by atoms with van der Waals surface area (Å²) >= 11 is 0. The Bertz CT molecular complexity index is 1170. The number of benzene rings is 1. The molecule has 4 aromatic rings. The quantitative estimate of drug-likeness (QED) is 0.598. The van der Waals surface area contributed by atoms with Gasteiger partial charge in [-0.3, -0.25) is 4.79 Å². The van der Waals surface area contributed by atoms with Gasteiger partial charge in [-0.25, -0.2) is 4.98 Å². The summed E-state index contributed by atoms with van der Waals surface area (Å²) in [4.78, 5) is 17.2. The summed E-state index contributed by atoms with van der Waals surface area (Å²) in [6, 6.07) is 14.3. The second-order valence-electron chi connectivity index (χ2n) is 5.98. The van der Waals surface area contributed by atoms with E-state index >= 15 is 0 Å². The zero-order chi connectivity index (χ0) is 18.8. The second kappa shape index (κ2) is 6.77. The second-order valence-corrected chi connectivity index (χ2v) is 5.98. The number of nitriles is 1. The first-order valence-electron chi connectivity index (χ1n) is 8.24. The standard InChI is InChI=1S/C20H14N4O3/c1-12-18-15(19(25)22-11-14-5-2-4-13(8-14)10-21)9-16(17-6-3-7-26-17)23-20(18)27-24-12/h2-9H,11H2,1H3,(H,22,25). The number of aryl methyl sites for hydroxylation is 1. The van der Waals surface area contributed by atoms with E-state index in [1.54, 1.807) is 43.3 Å². The Morgan fingerprint density at radius 2 is 2.15 bits per heavy atom. The normalized spacial score (nSPS) is 10.7. The van der Waals surface area contributed by atoms with E-state index in [0.717, 1.165) is 5.56 Å². The van der Waals surface area contributed by atoms with Crippen LogP contribution < -0.4 is 5.32 Å². The summed E-state index contributed by atoms with van der Waals surface area (Å²) in [6.07, 6.45) is 1.54. The average molecular weight is 358 g/mol. The summed E-state index contributed by atoms with van der Waals surface area (Å²) in [6.45, 7) is 2.05. The van der Waals surface area contributed by atoms with Gasteiger partial charge in [0.25, 0.3) is 11.6 Å². The number of amides is 1. The van der Waals surface area contributed by atoms with E-state index in [0.29, 0.717) is 40.2 Å². The Balaban J connectivity index is 1.68. The molecule has 27 heavy (non-hydrogen) atoms. The number of aromatic nitrogens is 2. The topological polar surface area (TPSA) is 105 Å². The molecule has 0 bridgehead atoms. The Labute approximate surface area is 154 Å². The summed E-state index contributed by atoms with van der Waals surface area (Å²) in [5, 5.41) is 16.3. The molecule has 0 aliphatic heterocycles. The van der Waals surface area contributed by atoms with Crippen molar-refractivity contribution in [2.75, 3.05) is 0 Å². The lowest BCUT2D eigenvalue weighted by Gasteiger charge is -2.08. The first-order chi connectivity index (χ1) is 13.2. The molecule has 0 fully saturated rings. The van der Waals surface area contributed by atoms with Crippen molar-refractivity contribution in [1.29, 1.82) is 5.26 Å². The molecule has 3 aromatic heterocycles. The lowest BCUT2D eigenvalue weighted by molar-refractivity contribution is 0.0952. The predicted molar refractivity (Wildman–Crippen MR) is 96.6 cm³/mol. The van der Waals surface area contributed by atoms with Crippen LogP contribution in [0.1, 0.15) is 27.2 Å². The number of hydrogen-bond acceptors (Lipinski definition) is 6. The molecular formula is C20H14N4O3. The van der Waals surface area contributed by atoms with E-state index in [1.165, 1.54) is 6.26 Å². The van der Waals surface area contributed by atoms with E-state index in [2.05, 4.69) is 21.5 Å². The third-order valence-corrected chi connectivity index (χ3v) is 4.14. The molecule has 1 amide bonds. The van der Waals surface area contributed by atoms with Gasteiger partial charge in [0.05, 0.1) is 34.5 Å². The van der Waals surface area contributed by atoms with Gasteiger partial charge >= 0.3 is 0 Å². The molecule has 1 N–H and O–H groups in total. The van der Waals surface area contributed by atoms with Crippen LogP contribution in [-0.2, 0) is 6.54 Å². The molecule has 3 heterocycles. The van der Waals surface area contributed by atoms with Crippen LogP contribution in [-0.4, -0.2) is 16.0 Å². The molecule has 7 heteroatoms. The molecule has 0 saturated heterocycles. The van der Waals surface area contributed by atoms with Crippen LogP contribution in [0, 0.1) is 18.3 Å². The van der Waals surface area contributed by atoms with Gasteiger partial charge in [0.15, 0.2) is 5.76 Å². The minimum absolute atomic E-state index is 0.276. The van der Waals surface area contributed by atoms with Crippen molar-refractivity contribution in [2.45, 2.75) is 13.5 Å². The molecule has 0 saturated carbocycles. The van der Waals surface area contributed by atoms with Gasteiger partial charge in [0.1, 0.15) is 5.69 Å². The van der Waals surface area contributed by atoms with E-state index in [9.17, 15) is 4.79 Å². The minimum Gasteiger partial charge on any atom is -0.463 e. The third kappa shape index (κ3) is 3.16. The van der Waals surface area contributed by atoms with Crippen LogP contribution >= 0.6 is 0 Å². The van der Waals surface area contributed by atoms with Crippen molar-refractivity contribution in [3.05, 3.63) is 71.1 Å². The molecule has 4 rings (SSSR count). The van der Waals surface area contributed by atoms with E-state index in [4.69, 9.17) is 14.2 Å². The monoisotopic (exact) mass is 358 g/mol. The molecule has 1 aromatic carbocycles. The Hall–Kier alpha value is -3.92. The van der Waals surface area contributed by atoms with Gasteiger partial charge in [0.2, 0.25) is 0 Å². The number of nitrogens with zero attached hydrogens (tertiary/aromatic N) is 3. The number of rotatable bonds is 4. The smallest absolute Gasteiger partial charge is 0.259 e. The molecule has 0 unspecified atom stereocenters. The SMILES string of the molecule is Cc1noc2nc(-c3ccco3)cc(C(=O)NCc3cccc(C#N)c3)c12. The first-order valence-corrected chi connectivity index (χ1v) is 8.24. The number of nitrogens with one attached hydrogen (secondary N) is 1. The molecule has 0 atom stereocenters. The molecular weight excluding hydrogens is 344 g/mol. The first kappa shape index (κ1) is 16.5. The highest BCUT2D eigenvalue weighted by Crippen LogP contribution is 2.27. The van der Waals surface area contributed by atoms with Crippen LogP contribution in [0.25, 0.3) is 22.6 Å². The number of fused-ring (bicyclic) bond motifs is 1. The number of furan rings is 1. The van der Waals surface area contributed by atoms with Crippen molar-refractivity contribution in [3.8, 4) is 17.5 Å². The molecule has 0 radical (unpaired) electrons. The van der Waals surface area contributed by atoms with Gasteiger partial charge < -0.3 is 14.3 Å². The average Bonchev–Trinajstić information content (AvgIpc) is 3.36. The fourth-order valence-electron chi connectivity index (χ4n) is 2.85. The number of carbonyl (C=O) groups excluding carboxylic acids is 1. The molecule has 0 aliphatic carbocycles. The maximum atomic E-state index is 12.9. The van der Waals surface area contributed by atoms with Crippen LogP contribution in [0.15, 0.2) is 57.7 Å². The zero-order valence-corrected chi connectivity index (χ0v) is 14.4. The minimum atomic E-state index is -0.288. The van der Waals surface area contributed by atoms with Crippen LogP contribution in [0.2, 0.25) is 0 Å². The van der Waals surface area contributed by atoms with Crippen molar-refractivity contribution < 1.29 is 13.7 Å². The lowest BCUT2D eigenvalue weighted by Crippen LogP contribution is -2.23. The van der Waals surface area contributed by atoms with E-state index in [1.807, 2.05) is 6.07 Å². The van der Waals surface area contributed by atoms with Crippen LogP contribution in [0.5, 0.6) is 0 Å². The highest BCUT2D eigenvalue weighted by atomic mass is 16.5. The van der Waals surface area contributed by atoms with E-state index in [-0.39, 0.29) is 11.6 Å². The highest BCUT2D eigenvalue weighted by Gasteiger charge is 2.20. The van der Waals surface area contributed by atoms with Crippen molar-refractivity contribution in [2.24, 2.45) is 0 Å². The van der Waals surface area contributed by atoms with Gasteiger partial charge in [0, 0.05) is 6.54 Å². The van der Waals surface area contributed by atoms with Crippen molar-refractivity contribution >= 4 is 17.0 Å². The Morgan fingerprint density at radius 1 is 1.26 bits per heavy atom. The summed E-state index contributed by atoms with van der Waals surface area (Å²) in [7, 11) is 0. The third-order valence-electron chi connectivity index (χ3n) is 4.14. The maximum Gasteiger partial charge on any atom is 0.259 e. The van der Waals surface area contributed by atoms with Gasteiger partial charge in [-0.1, -0.05) is 17.3 Å². The Morgan fingerprint density at radius 3 is 2.93 bits per heavy atom. The van der Waals surface area contributed by atoms with E-state index < -0.39 is 0 Å². The fourth-order valence-corrected chi connectivity index (χ4v) is 2.85. The summed E-state index contributed by atoms with van der Waals surface area (Å²) in [5.41, 5.74) is 3.13. The molecule has 132 valence electrons. The number of pyridine rings is 1. The van der Waals surface area contributed by atoms with Gasteiger partial charge in [-0.05, 0) is 42.8 Å². The fraction of sp³-hybridized carbons (Fsp3) is 0.100. The van der Waals surface area contributed by atoms with Gasteiger partial charge in [-0.2, -0.15) is 5.26 Å². The zero-order valence-electron chi connectivity index (χ0n) is 14.4. The predicted octanol–water partition coefficient (Wildman–Crippen LogP) is 3.59. The molecule has 7 nitrogen and oxygen atoms in total. The van der Waals surface area contributed by atoms with Crippen LogP contribution in [0.3, 0.4) is 0 Å². The number of hydrogen-bond donors (Lipinski definition) is 1. The van der Waals surface area contributed by atoms with Crippen LogP contribution in [0.4, 0.5) is 0 Å². The lowest BCUT2D eigenvalue weighted by atomic mass is 10.1. The van der Waals surface area contributed by atoms with Gasteiger partial charge in [-0.15, -0.1) is 0 Å². The summed E-state index contributed by atoms with van der Waals surface area (Å²) < 4.78 is 10.6. The van der Waals surface area contributed by atoms with Crippen molar-refractivity contribution in [3.63, 3.8) is 0 Å². The number of carbonyl (C=O) groups is 1. The summed E-state index contributed by atoms with van der Waals surface area (Å²) in [5.74, 6) is 0.241.